The first-order chi connectivity index (χ1) is 8.74. The molecule has 0 radical (unpaired) electrons. The van der Waals surface area contributed by atoms with Crippen LogP contribution in [0.15, 0.2) is 41.3 Å². The minimum absolute atomic E-state index is 0.431. The van der Waals surface area contributed by atoms with Gasteiger partial charge in [-0.1, -0.05) is 18.2 Å². The van der Waals surface area contributed by atoms with Crippen molar-refractivity contribution in [3.05, 3.63) is 51.7 Å². The molecule has 94 valence electrons. The number of thioether (sulfide) groups is 1. The van der Waals surface area contributed by atoms with Crippen molar-refractivity contribution in [1.29, 1.82) is 0 Å². The third kappa shape index (κ3) is 2.35. The molecule has 18 heavy (non-hydrogen) atoms. The fourth-order valence-corrected chi connectivity index (χ4v) is 4.43. The lowest BCUT2D eigenvalue weighted by Gasteiger charge is -2.18. The highest BCUT2D eigenvalue weighted by molar-refractivity contribution is 7.99. The highest BCUT2D eigenvalue weighted by Crippen LogP contribution is 2.39. The predicted molar refractivity (Wildman–Crippen MR) is 80.5 cm³/mol. The van der Waals surface area contributed by atoms with E-state index in [9.17, 15) is 0 Å². The van der Waals surface area contributed by atoms with E-state index in [4.69, 9.17) is 0 Å². The Morgan fingerprint density at radius 3 is 2.83 bits per heavy atom. The Kier molecular flexibility index (Phi) is 3.46. The van der Waals surface area contributed by atoms with Crippen LogP contribution in [0.25, 0.3) is 0 Å². The molecule has 0 amide bonds. The van der Waals surface area contributed by atoms with E-state index in [0.717, 1.165) is 5.75 Å². The van der Waals surface area contributed by atoms with Crippen molar-refractivity contribution < 1.29 is 0 Å². The molecule has 3 heteroatoms. The van der Waals surface area contributed by atoms with E-state index in [2.05, 4.69) is 55.6 Å². The fraction of sp³-hybridized carbons (Fsp3) is 0.333. The Hall–Kier alpha value is -0.770. The minimum atomic E-state index is 0.431. The SMILES string of the molecule is Cc1ccc(C(C)NC2CSc3ccccc32)s1. The smallest absolute Gasteiger partial charge is 0.0431 e. The summed E-state index contributed by atoms with van der Waals surface area (Å²) in [5, 5.41) is 3.75. The summed E-state index contributed by atoms with van der Waals surface area (Å²) in [6.45, 7) is 4.43. The summed E-state index contributed by atoms with van der Waals surface area (Å²) in [5.41, 5.74) is 1.46. The van der Waals surface area contributed by atoms with E-state index >= 15 is 0 Å². The number of thiophene rings is 1. The van der Waals surface area contributed by atoms with Crippen LogP contribution in [0.5, 0.6) is 0 Å². The largest absolute Gasteiger partial charge is 0.302 e. The highest BCUT2D eigenvalue weighted by atomic mass is 32.2. The van der Waals surface area contributed by atoms with Crippen molar-refractivity contribution in [1.82, 2.24) is 5.32 Å². The molecule has 0 spiro atoms. The van der Waals surface area contributed by atoms with Gasteiger partial charge in [0, 0.05) is 32.5 Å². The molecule has 2 unspecified atom stereocenters. The van der Waals surface area contributed by atoms with Crippen molar-refractivity contribution in [2.75, 3.05) is 5.75 Å². The summed E-state index contributed by atoms with van der Waals surface area (Å²) in [6.07, 6.45) is 0. The van der Waals surface area contributed by atoms with E-state index in [1.54, 1.807) is 0 Å². The first-order valence-electron chi connectivity index (χ1n) is 6.28. The zero-order chi connectivity index (χ0) is 12.5. The van der Waals surface area contributed by atoms with Gasteiger partial charge in [-0.15, -0.1) is 23.1 Å². The van der Waals surface area contributed by atoms with E-state index in [-0.39, 0.29) is 0 Å². The van der Waals surface area contributed by atoms with Gasteiger partial charge in [-0.2, -0.15) is 0 Å². The van der Waals surface area contributed by atoms with Crippen LogP contribution in [0, 0.1) is 6.92 Å². The molecule has 0 aliphatic carbocycles. The Balaban J connectivity index is 1.75. The second-order valence-electron chi connectivity index (χ2n) is 4.74. The van der Waals surface area contributed by atoms with Crippen LogP contribution in [0.4, 0.5) is 0 Å². The van der Waals surface area contributed by atoms with E-state index in [1.807, 2.05) is 23.1 Å². The number of rotatable bonds is 3. The molecular weight excluding hydrogens is 258 g/mol. The molecule has 2 atom stereocenters. The number of benzene rings is 1. The van der Waals surface area contributed by atoms with Gasteiger partial charge in [0.1, 0.15) is 0 Å². The van der Waals surface area contributed by atoms with E-state index in [0.29, 0.717) is 12.1 Å². The molecule has 1 nitrogen and oxygen atoms in total. The number of hydrogen-bond donors (Lipinski definition) is 1. The van der Waals surface area contributed by atoms with Gasteiger partial charge in [0.05, 0.1) is 0 Å². The molecule has 0 fully saturated rings. The molecule has 0 saturated heterocycles. The van der Waals surface area contributed by atoms with Crippen LogP contribution in [-0.4, -0.2) is 5.75 Å². The van der Waals surface area contributed by atoms with E-state index < -0.39 is 0 Å². The summed E-state index contributed by atoms with van der Waals surface area (Å²) >= 11 is 3.85. The number of aryl methyl sites for hydroxylation is 1. The second-order valence-corrected chi connectivity index (χ2v) is 7.12. The summed E-state index contributed by atoms with van der Waals surface area (Å²) < 4.78 is 0. The molecule has 0 saturated carbocycles. The van der Waals surface area contributed by atoms with Gasteiger partial charge in [0.2, 0.25) is 0 Å². The van der Waals surface area contributed by atoms with Crippen LogP contribution in [0.3, 0.4) is 0 Å². The Bertz CT molecular complexity index is 547. The van der Waals surface area contributed by atoms with Crippen LogP contribution in [0.2, 0.25) is 0 Å². The zero-order valence-electron chi connectivity index (χ0n) is 10.6. The Morgan fingerprint density at radius 2 is 2.06 bits per heavy atom. The lowest BCUT2D eigenvalue weighted by Crippen LogP contribution is -2.23. The van der Waals surface area contributed by atoms with Crippen LogP contribution < -0.4 is 5.32 Å². The topological polar surface area (TPSA) is 12.0 Å². The van der Waals surface area contributed by atoms with Gasteiger partial charge in [0.25, 0.3) is 0 Å². The first kappa shape index (κ1) is 12.3. The molecule has 1 aliphatic rings. The zero-order valence-corrected chi connectivity index (χ0v) is 12.3. The third-order valence-electron chi connectivity index (χ3n) is 3.34. The number of nitrogens with one attached hydrogen (secondary N) is 1. The second kappa shape index (κ2) is 5.08. The molecule has 2 aromatic rings. The molecule has 1 N–H and O–H groups in total. The molecule has 2 heterocycles. The molecule has 1 aliphatic heterocycles. The van der Waals surface area contributed by atoms with Crippen molar-refractivity contribution in [2.45, 2.75) is 30.8 Å². The quantitative estimate of drug-likeness (QED) is 0.881. The summed E-state index contributed by atoms with van der Waals surface area (Å²) in [6, 6.07) is 14.1. The van der Waals surface area contributed by atoms with E-state index in [1.165, 1.54) is 20.2 Å². The van der Waals surface area contributed by atoms with Crippen molar-refractivity contribution >= 4 is 23.1 Å². The van der Waals surface area contributed by atoms with Gasteiger partial charge in [-0.05, 0) is 37.6 Å². The molecule has 1 aromatic heterocycles. The van der Waals surface area contributed by atoms with Crippen LogP contribution in [-0.2, 0) is 0 Å². The lowest BCUT2D eigenvalue weighted by atomic mass is 10.1. The van der Waals surface area contributed by atoms with Crippen molar-refractivity contribution in [2.24, 2.45) is 0 Å². The van der Waals surface area contributed by atoms with Crippen molar-refractivity contribution in [3.63, 3.8) is 0 Å². The monoisotopic (exact) mass is 275 g/mol. The predicted octanol–water partition coefficient (Wildman–Crippen LogP) is 4.55. The van der Waals surface area contributed by atoms with Crippen molar-refractivity contribution in [3.8, 4) is 0 Å². The van der Waals surface area contributed by atoms with Gasteiger partial charge in [-0.25, -0.2) is 0 Å². The van der Waals surface area contributed by atoms with Gasteiger partial charge in [-0.3, -0.25) is 0 Å². The molecular formula is C15H17NS2. The Morgan fingerprint density at radius 1 is 1.22 bits per heavy atom. The summed E-state index contributed by atoms with van der Waals surface area (Å²) in [5.74, 6) is 1.15. The normalized spacial score (nSPS) is 19.8. The minimum Gasteiger partial charge on any atom is -0.302 e. The third-order valence-corrected chi connectivity index (χ3v) is 5.71. The van der Waals surface area contributed by atoms with Gasteiger partial charge >= 0.3 is 0 Å². The number of fused-ring (bicyclic) bond motifs is 1. The average Bonchev–Trinajstić information content (AvgIpc) is 2.97. The maximum atomic E-state index is 3.75. The first-order valence-corrected chi connectivity index (χ1v) is 8.08. The van der Waals surface area contributed by atoms with Gasteiger partial charge in [0.15, 0.2) is 0 Å². The molecule has 3 rings (SSSR count). The van der Waals surface area contributed by atoms with Crippen LogP contribution in [0.1, 0.15) is 34.3 Å². The summed E-state index contributed by atoms with van der Waals surface area (Å²) in [7, 11) is 0. The average molecular weight is 275 g/mol. The maximum Gasteiger partial charge on any atom is 0.0431 e. The standard InChI is InChI=1S/C15H17NS2/c1-10-7-8-14(18-10)11(2)16-13-9-17-15-6-4-3-5-12(13)15/h3-8,11,13,16H,9H2,1-2H3. The lowest BCUT2D eigenvalue weighted by molar-refractivity contribution is 0.507. The number of hydrogen-bond acceptors (Lipinski definition) is 3. The Labute approximate surface area is 117 Å². The molecule has 1 aromatic carbocycles. The van der Waals surface area contributed by atoms with Gasteiger partial charge < -0.3 is 5.32 Å². The molecule has 0 bridgehead atoms. The highest BCUT2D eigenvalue weighted by Gasteiger charge is 2.24. The maximum absolute atomic E-state index is 3.75. The fourth-order valence-electron chi connectivity index (χ4n) is 2.37. The van der Waals surface area contributed by atoms with Crippen LogP contribution >= 0.6 is 23.1 Å². The summed E-state index contributed by atoms with van der Waals surface area (Å²) in [4.78, 5) is 4.26.